The Labute approximate surface area is 114 Å². The Morgan fingerprint density at radius 1 is 1.05 bits per heavy atom. The minimum Gasteiger partial charge on any atom is -0.493 e. The van der Waals surface area contributed by atoms with E-state index < -0.39 is 5.97 Å². The lowest BCUT2D eigenvalue weighted by molar-refractivity contribution is 0.0697. The second kappa shape index (κ2) is 7.17. The van der Waals surface area contributed by atoms with E-state index in [1.165, 1.54) is 44.9 Å². The van der Waals surface area contributed by atoms with E-state index in [2.05, 4.69) is 0 Å². The first-order valence-electron chi connectivity index (χ1n) is 7.22. The standard InChI is InChI=1S/C16H22O3/c17-16(18)14-8-10-15(11-9-14)19-12-13-6-4-2-1-3-5-7-13/h8-11,13H,1-7,12H2,(H,17,18). The maximum Gasteiger partial charge on any atom is 0.335 e. The molecule has 0 bridgehead atoms. The summed E-state index contributed by atoms with van der Waals surface area (Å²) in [5.41, 5.74) is 0.304. The van der Waals surface area contributed by atoms with E-state index in [1.807, 2.05) is 0 Å². The molecule has 0 spiro atoms. The average Bonchev–Trinajstić information content (AvgIpc) is 2.38. The van der Waals surface area contributed by atoms with Crippen molar-refractivity contribution in [2.75, 3.05) is 6.61 Å². The Morgan fingerprint density at radius 2 is 1.63 bits per heavy atom. The van der Waals surface area contributed by atoms with Crippen molar-refractivity contribution in [1.82, 2.24) is 0 Å². The van der Waals surface area contributed by atoms with Gasteiger partial charge in [0.1, 0.15) is 5.75 Å². The molecule has 1 aliphatic carbocycles. The van der Waals surface area contributed by atoms with Crippen molar-refractivity contribution in [3.8, 4) is 5.75 Å². The fourth-order valence-electron chi connectivity index (χ4n) is 2.62. The molecule has 1 saturated carbocycles. The highest BCUT2D eigenvalue weighted by molar-refractivity contribution is 5.87. The number of hydrogen-bond acceptors (Lipinski definition) is 2. The fraction of sp³-hybridized carbons (Fsp3) is 0.562. The molecular formula is C16H22O3. The van der Waals surface area contributed by atoms with Gasteiger partial charge in [0.2, 0.25) is 0 Å². The number of ether oxygens (including phenoxy) is 1. The molecule has 2 rings (SSSR count). The summed E-state index contributed by atoms with van der Waals surface area (Å²) in [6.07, 6.45) is 9.22. The highest BCUT2D eigenvalue weighted by atomic mass is 16.5. The third kappa shape index (κ3) is 4.58. The van der Waals surface area contributed by atoms with E-state index >= 15 is 0 Å². The van der Waals surface area contributed by atoms with Gasteiger partial charge in [-0.1, -0.05) is 32.1 Å². The van der Waals surface area contributed by atoms with E-state index in [-0.39, 0.29) is 0 Å². The summed E-state index contributed by atoms with van der Waals surface area (Å²) < 4.78 is 5.78. The van der Waals surface area contributed by atoms with E-state index in [1.54, 1.807) is 24.3 Å². The van der Waals surface area contributed by atoms with Gasteiger partial charge in [0.25, 0.3) is 0 Å². The molecule has 0 unspecified atom stereocenters. The van der Waals surface area contributed by atoms with Gasteiger partial charge in [-0.05, 0) is 43.0 Å². The van der Waals surface area contributed by atoms with Crippen LogP contribution in [0.1, 0.15) is 55.3 Å². The van der Waals surface area contributed by atoms with Crippen molar-refractivity contribution in [3.05, 3.63) is 29.8 Å². The van der Waals surface area contributed by atoms with Gasteiger partial charge < -0.3 is 9.84 Å². The summed E-state index contributed by atoms with van der Waals surface area (Å²) in [5, 5.41) is 8.83. The van der Waals surface area contributed by atoms with Crippen LogP contribution in [-0.4, -0.2) is 17.7 Å². The molecule has 104 valence electrons. The van der Waals surface area contributed by atoms with E-state index in [0.29, 0.717) is 11.5 Å². The van der Waals surface area contributed by atoms with Crippen LogP contribution in [0.15, 0.2) is 24.3 Å². The van der Waals surface area contributed by atoms with Crippen LogP contribution in [0.3, 0.4) is 0 Å². The molecule has 0 aromatic heterocycles. The molecule has 1 aliphatic rings. The largest absolute Gasteiger partial charge is 0.493 e. The van der Waals surface area contributed by atoms with Gasteiger partial charge in [-0.15, -0.1) is 0 Å². The first kappa shape index (κ1) is 13.9. The Balaban J connectivity index is 1.81. The zero-order chi connectivity index (χ0) is 13.5. The van der Waals surface area contributed by atoms with Gasteiger partial charge in [-0.2, -0.15) is 0 Å². The number of carbonyl (C=O) groups is 1. The molecule has 1 aromatic carbocycles. The predicted octanol–water partition coefficient (Wildman–Crippen LogP) is 4.12. The zero-order valence-electron chi connectivity index (χ0n) is 11.3. The van der Waals surface area contributed by atoms with Crippen LogP contribution in [0.25, 0.3) is 0 Å². The maximum absolute atomic E-state index is 10.7. The lowest BCUT2D eigenvalue weighted by Gasteiger charge is -2.20. The van der Waals surface area contributed by atoms with Gasteiger partial charge in [0.05, 0.1) is 12.2 Å². The lowest BCUT2D eigenvalue weighted by Crippen LogP contribution is -2.13. The highest BCUT2D eigenvalue weighted by Gasteiger charge is 2.12. The molecule has 0 heterocycles. The summed E-state index contributed by atoms with van der Waals surface area (Å²) >= 11 is 0. The smallest absolute Gasteiger partial charge is 0.335 e. The molecule has 3 nitrogen and oxygen atoms in total. The summed E-state index contributed by atoms with van der Waals surface area (Å²) in [6, 6.07) is 6.67. The molecule has 0 aliphatic heterocycles. The van der Waals surface area contributed by atoms with Crippen LogP contribution in [0.4, 0.5) is 0 Å². The minimum absolute atomic E-state index is 0.304. The van der Waals surface area contributed by atoms with Crippen molar-refractivity contribution in [1.29, 1.82) is 0 Å². The molecule has 0 amide bonds. The number of rotatable bonds is 4. The van der Waals surface area contributed by atoms with Crippen molar-refractivity contribution >= 4 is 5.97 Å². The Hall–Kier alpha value is -1.51. The van der Waals surface area contributed by atoms with Crippen LogP contribution in [0.5, 0.6) is 5.75 Å². The second-order valence-corrected chi connectivity index (χ2v) is 5.35. The van der Waals surface area contributed by atoms with Gasteiger partial charge in [-0.3, -0.25) is 0 Å². The van der Waals surface area contributed by atoms with E-state index in [4.69, 9.17) is 9.84 Å². The fourth-order valence-corrected chi connectivity index (χ4v) is 2.62. The van der Waals surface area contributed by atoms with Gasteiger partial charge in [0, 0.05) is 0 Å². The van der Waals surface area contributed by atoms with Crippen molar-refractivity contribution in [3.63, 3.8) is 0 Å². The molecule has 1 N–H and O–H groups in total. The minimum atomic E-state index is -0.897. The topological polar surface area (TPSA) is 46.5 Å². The van der Waals surface area contributed by atoms with Gasteiger partial charge in [0.15, 0.2) is 0 Å². The first-order valence-corrected chi connectivity index (χ1v) is 7.22. The molecular weight excluding hydrogens is 240 g/mol. The van der Waals surface area contributed by atoms with Crippen LogP contribution >= 0.6 is 0 Å². The summed E-state index contributed by atoms with van der Waals surface area (Å²) in [7, 11) is 0. The number of benzene rings is 1. The summed E-state index contributed by atoms with van der Waals surface area (Å²) in [5.74, 6) is 0.526. The molecule has 3 heteroatoms. The maximum atomic E-state index is 10.7. The lowest BCUT2D eigenvalue weighted by atomic mass is 9.92. The van der Waals surface area contributed by atoms with E-state index in [0.717, 1.165) is 12.4 Å². The zero-order valence-corrected chi connectivity index (χ0v) is 11.3. The quantitative estimate of drug-likeness (QED) is 0.887. The summed E-state index contributed by atoms with van der Waals surface area (Å²) in [4.78, 5) is 10.7. The van der Waals surface area contributed by atoms with Crippen LogP contribution in [-0.2, 0) is 0 Å². The highest BCUT2D eigenvalue weighted by Crippen LogP contribution is 2.23. The van der Waals surface area contributed by atoms with Gasteiger partial charge >= 0.3 is 5.97 Å². The van der Waals surface area contributed by atoms with Crippen molar-refractivity contribution in [2.45, 2.75) is 44.9 Å². The van der Waals surface area contributed by atoms with Crippen molar-refractivity contribution in [2.24, 2.45) is 5.92 Å². The average molecular weight is 262 g/mol. The molecule has 0 atom stereocenters. The van der Waals surface area contributed by atoms with Crippen LogP contribution in [0, 0.1) is 5.92 Å². The number of hydrogen-bond donors (Lipinski definition) is 1. The SMILES string of the molecule is O=C(O)c1ccc(OCC2CCCCCCC2)cc1. The number of carboxylic acids is 1. The Kier molecular flexibility index (Phi) is 5.25. The van der Waals surface area contributed by atoms with Gasteiger partial charge in [-0.25, -0.2) is 4.79 Å². The predicted molar refractivity (Wildman–Crippen MR) is 74.7 cm³/mol. The Bertz CT molecular complexity index is 389. The number of carboxylic acid groups (broad SMARTS) is 1. The molecule has 0 saturated heterocycles. The first-order chi connectivity index (χ1) is 9.25. The van der Waals surface area contributed by atoms with E-state index in [9.17, 15) is 4.79 Å². The molecule has 0 radical (unpaired) electrons. The third-order valence-electron chi connectivity index (χ3n) is 3.81. The molecule has 1 fully saturated rings. The van der Waals surface area contributed by atoms with Crippen LogP contribution in [0.2, 0.25) is 0 Å². The number of aromatic carboxylic acids is 1. The molecule has 19 heavy (non-hydrogen) atoms. The monoisotopic (exact) mass is 262 g/mol. The second-order valence-electron chi connectivity index (χ2n) is 5.35. The van der Waals surface area contributed by atoms with Crippen molar-refractivity contribution < 1.29 is 14.6 Å². The third-order valence-corrected chi connectivity index (χ3v) is 3.81. The normalized spacial score (nSPS) is 17.5. The van der Waals surface area contributed by atoms with Crippen LogP contribution < -0.4 is 4.74 Å². The molecule has 1 aromatic rings. The Morgan fingerprint density at radius 3 is 2.21 bits per heavy atom. The summed E-state index contributed by atoms with van der Waals surface area (Å²) in [6.45, 7) is 0.756.